The molecule has 0 aliphatic carbocycles. The number of hydrogen-bond donors (Lipinski definition) is 1. The largest absolute Gasteiger partial charge is 0.469 e. The maximum atomic E-state index is 13.8. The van der Waals surface area contributed by atoms with Gasteiger partial charge in [0, 0.05) is 5.56 Å². The van der Waals surface area contributed by atoms with Gasteiger partial charge in [0.1, 0.15) is 17.2 Å². The smallest absolute Gasteiger partial charge is 0.311 e. The minimum atomic E-state index is -1.82. The van der Waals surface area contributed by atoms with Gasteiger partial charge in [-0.1, -0.05) is 19.8 Å². The highest BCUT2D eigenvalue weighted by atomic mass is 19.1. The van der Waals surface area contributed by atoms with Crippen LogP contribution in [0.5, 0.6) is 0 Å². The van der Waals surface area contributed by atoms with Gasteiger partial charge in [-0.25, -0.2) is 8.78 Å². The molecule has 0 saturated heterocycles. The van der Waals surface area contributed by atoms with Crippen molar-refractivity contribution in [2.24, 2.45) is 5.92 Å². The van der Waals surface area contributed by atoms with Crippen LogP contribution in [-0.2, 0) is 15.1 Å². The molecule has 5 heteroatoms. The van der Waals surface area contributed by atoms with Gasteiger partial charge in [0.25, 0.3) is 0 Å². The number of carbonyl (C=O) groups is 1. The van der Waals surface area contributed by atoms with E-state index in [0.717, 1.165) is 24.6 Å². The molecule has 1 aromatic rings. The fourth-order valence-corrected chi connectivity index (χ4v) is 2.25. The molecule has 2 unspecified atom stereocenters. The molecular weight excluding hydrogens is 266 g/mol. The summed E-state index contributed by atoms with van der Waals surface area (Å²) < 4.78 is 31.8. The lowest BCUT2D eigenvalue weighted by Crippen LogP contribution is -2.38. The lowest BCUT2D eigenvalue weighted by Gasteiger charge is -2.31. The molecule has 1 rings (SSSR count). The average Bonchev–Trinajstić information content (AvgIpc) is 2.41. The van der Waals surface area contributed by atoms with E-state index >= 15 is 0 Å². The number of halogens is 2. The van der Waals surface area contributed by atoms with Crippen LogP contribution in [0.2, 0.25) is 0 Å². The quantitative estimate of drug-likeness (QED) is 0.817. The number of hydrogen-bond acceptors (Lipinski definition) is 3. The van der Waals surface area contributed by atoms with Crippen LogP contribution >= 0.6 is 0 Å². The Labute approximate surface area is 117 Å². The molecule has 0 spiro atoms. The second-order valence-electron chi connectivity index (χ2n) is 4.99. The van der Waals surface area contributed by atoms with Crippen LogP contribution < -0.4 is 0 Å². The number of aliphatic hydroxyl groups is 1. The van der Waals surface area contributed by atoms with Gasteiger partial charge in [-0.2, -0.15) is 0 Å². The maximum Gasteiger partial charge on any atom is 0.311 e. The van der Waals surface area contributed by atoms with Crippen molar-refractivity contribution in [2.75, 3.05) is 7.11 Å². The number of esters is 1. The predicted octanol–water partition coefficient (Wildman–Crippen LogP) is 3.15. The minimum absolute atomic E-state index is 0.232. The third kappa shape index (κ3) is 3.54. The Hall–Kier alpha value is -1.49. The summed E-state index contributed by atoms with van der Waals surface area (Å²) in [6.45, 7) is 3.24. The SMILES string of the molecule is CCCCC(C(=O)OC)C(C)(O)c1cc(F)ccc1F. The highest BCUT2D eigenvalue weighted by Gasteiger charge is 2.41. The Morgan fingerprint density at radius 2 is 2.10 bits per heavy atom. The van der Waals surface area contributed by atoms with Crippen LogP contribution in [0.25, 0.3) is 0 Å². The number of unbranched alkanes of at least 4 members (excludes halogenated alkanes) is 1. The Morgan fingerprint density at radius 3 is 2.65 bits per heavy atom. The molecular formula is C15H20F2O3. The maximum absolute atomic E-state index is 13.8. The zero-order chi connectivity index (χ0) is 15.3. The predicted molar refractivity (Wildman–Crippen MR) is 71.0 cm³/mol. The lowest BCUT2D eigenvalue weighted by atomic mass is 9.79. The number of ether oxygens (including phenoxy) is 1. The molecule has 0 saturated carbocycles. The van der Waals surface area contributed by atoms with Crippen molar-refractivity contribution in [1.82, 2.24) is 0 Å². The molecule has 1 aromatic carbocycles. The summed E-state index contributed by atoms with van der Waals surface area (Å²) >= 11 is 0. The number of benzene rings is 1. The van der Waals surface area contributed by atoms with Crippen molar-refractivity contribution in [2.45, 2.75) is 38.7 Å². The van der Waals surface area contributed by atoms with Crippen molar-refractivity contribution in [1.29, 1.82) is 0 Å². The Bertz CT molecular complexity index is 472. The molecule has 0 heterocycles. The van der Waals surface area contributed by atoms with E-state index in [4.69, 9.17) is 0 Å². The van der Waals surface area contributed by atoms with E-state index in [-0.39, 0.29) is 5.56 Å². The second-order valence-corrected chi connectivity index (χ2v) is 4.99. The van der Waals surface area contributed by atoms with E-state index < -0.39 is 29.1 Å². The Kier molecular flexibility index (Phi) is 5.62. The van der Waals surface area contributed by atoms with Gasteiger partial charge in [-0.15, -0.1) is 0 Å². The highest BCUT2D eigenvalue weighted by molar-refractivity contribution is 5.74. The van der Waals surface area contributed by atoms with Gasteiger partial charge in [0.2, 0.25) is 0 Å². The molecule has 1 N–H and O–H groups in total. The molecule has 2 atom stereocenters. The third-order valence-corrected chi connectivity index (χ3v) is 3.48. The number of methoxy groups -OCH3 is 1. The van der Waals surface area contributed by atoms with E-state index in [1.54, 1.807) is 0 Å². The van der Waals surface area contributed by atoms with Crippen LogP contribution in [0.1, 0.15) is 38.7 Å². The first kappa shape index (κ1) is 16.6. The molecule has 0 amide bonds. The summed E-state index contributed by atoms with van der Waals surface area (Å²) in [5, 5.41) is 10.6. The van der Waals surface area contributed by atoms with E-state index in [1.807, 2.05) is 6.92 Å². The van der Waals surface area contributed by atoms with Gasteiger partial charge in [-0.3, -0.25) is 4.79 Å². The van der Waals surface area contributed by atoms with Crippen LogP contribution in [-0.4, -0.2) is 18.2 Å². The first-order valence-corrected chi connectivity index (χ1v) is 6.60. The minimum Gasteiger partial charge on any atom is -0.469 e. The zero-order valence-electron chi connectivity index (χ0n) is 12.0. The number of carbonyl (C=O) groups excluding carboxylic acids is 1. The van der Waals surface area contributed by atoms with E-state index in [0.29, 0.717) is 12.8 Å². The summed E-state index contributed by atoms with van der Waals surface area (Å²) in [4.78, 5) is 11.8. The molecule has 3 nitrogen and oxygen atoms in total. The van der Waals surface area contributed by atoms with Gasteiger partial charge >= 0.3 is 5.97 Å². The summed E-state index contributed by atoms with van der Waals surface area (Å²) in [6.07, 6.45) is 1.83. The second kappa shape index (κ2) is 6.79. The zero-order valence-corrected chi connectivity index (χ0v) is 12.0. The van der Waals surface area contributed by atoms with Crippen molar-refractivity contribution in [3.05, 3.63) is 35.4 Å². The van der Waals surface area contributed by atoms with Gasteiger partial charge < -0.3 is 9.84 Å². The molecule has 0 radical (unpaired) electrons. The van der Waals surface area contributed by atoms with Crippen LogP contribution in [0.3, 0.4) is 0 Å². The van der Waals surface area contributed by atoms with Crippen molar-refractivity contribution < 1.29 is 23.4 Å². The summed E-state index contributed by atoms with van der Waals surface area (Å²) in [5.41, 5.74) is -2.06. The molecule has 0 bridgehead atoms. The lowest BCUT2D eigenvalue weighted by molar-refractivity contribution is -0.156. The summed E-state index contributed by atoms with van der Waals surface area (Å²) in [5.74, 6) is -2.99. The standard InChI is InChI=1S/C15H20F2O3/c1-4-5-6-11(14(18)20-3)15(2,19)12-9-10(16)7-8-13(12)17/h7-9,11,19H,4-6H2,1-3H3. The van der Waals surface area contributed by atoms with Crippen LogP contribution in [0.4, 0.5) is 8.78 Å². The van der Waals surface area contributed by atoms with Crippen molar-refractivity contribution in [3.8, 4) is 0 Å². The Morgan fingerprint density at radius 1 is 1.45 bits per heavy atom. The van der Waals surface area contributed by atoms with E-state index in [1.165, 1.54) is 14.0 Å². The topological polar surface area (TPSA) is 46.5 Å². The Balaban J connectivity index is 3.20. The fraction of sp³-hybridized carbons (Fsp3) is 0.533. The molecule has 0 aromatic heterocycles. The molecule has 0 fully saturated rings. The van der Waals surface area contributed by atoms with E-state index in [2.05, 4.69) is 4.74 Å². The van der Waals surface area contributed by atoms with Crippen LogP contribution in [0, 0.1) is 17.6 Å². The fourth-order valence-electron chi connectivity index (χ4n) is 2.25. The highest BCUT2D eigenvalue weighted by Crippen LogP contribution is 2.35. The molecule has 0 aliphatic rings. The normalized spacial score (nSPS) is 15.5. The van der Waals surface area contributed by atoms with Gasteiger partial charge in [0.05, 0.1) is 13.0 Å². The number of rotatable bonds is 6. The molecule has 112 valence electrons. The summed E-state index contributed by atoms with van der Waals surface area (Å²) in [7, 11) is 1.21. The summed E-state index contributed by atoms with van der Waals surface area (Å²) in [6, 6.07) is 2.82. The average molecular weight is 286 g/mol. The monoisotopic (exact) mass is 286 g/mol. The molecule has 0 aliphatic heterocycles. The van der Waals surface area contributed by atoms with E-state index in [9.17, 15) is 18.7 Å². The van der Waals surface area contributed by atoms with Gasteiger partial charge in [0.15, 0.2) is 0 Å². The van der Waals surface area contributed by atoms with Crippen LogP contribution in [0.15, 0.2) is 18.2 Å². The van der Waals surface area contributed by atoms with Crippen molar-refractivity contribution in [3.63, 3.8) is 0 Å². The van der Waals surface area contributed by atoms with Gasteiger partial charge in [-0.05, 0) is 31.5 Å². The molecule has 20 heavy (non-hydrogen) atoms. The first-order chi connectivity index (χ1) is 9.34. The first-order valence-electron chi connectivity index (χ1n) is 6.60. The van der Waals surface area contributed by atoms with Crippen molar-refractivity contribution >= 4 is 5.97 Å². The third-order valence-electron chi connectivity index (χ3n) is 3.48.